The van der Waals surface area contributed by atoms with Crippen LogP contribution in [0.2, 0.25) is 0 Å². The van der Waals surface area contributed by atoms with Crippen LogP contribution in [0.25, 0.3) is 0 Å². The molecule has 0 amide bonds. The summed E-state index contributed by atoms with van der Waals surface area (Å²) in [4.78, 5) is 18.5. The lowest BCUT2D eigenvalue weighted by atomic mass is 10.6. The van der Waals surface area contributed by atoms with Crippen molar-refractivity contribution in [2.45, 2.75) is 27.4 Å². The van der Waals surface area contributed by atoms with Crippen molar-refractivity contribution < 1.29 is 14.6 Å². The fraction of sp³-hybridized carbons (Fsp3) is 0.500. The summed E-state index contributed by atoms with van der Waals surface area (Å²) in [5.74, 6) is 1.38. The van der Waals surface area contributed by atoms with Crippen LogP contribution in [0.3, 0.4) is 0 Å². The first kappa shape index (κ1) is 14.8. The SMILES string of the molecule is CCOC(=O)c1n[nH]c(C)n1.Cc1nc(CO)n[nH]1. The largest absolute Gasteiger partial charge is 0.460 e. The molecule has 0 saturated heterocycles. The molecule has 19 heavy (non-hydrogen) atoms. The molecule has 0 aliphatic carbocycles. The molecule has 0 aliphatic rings. The maximum atomic E-state index is 10.9. The van der Waals surface area contributed by atoms with Crippen molar-refractivity contribution in [1.82, 2.24) is 30.4 Å². The van der Waals surface area contributed by atoms with Gasteiger partial charge in [-0.1, -0.05) is 0 Å². The minimum Gasteiger partial charge on any atom is -0.460 e. The highest BCUT2D eigenvalue weighted by Crippen LogP contribution is 1.93. The number of hydrogen-bond donors (Lipinski definition) is 3. The number of aliphatic hydroxyl groups is 1. The predicted octanol–water partition coefficient (Wildman–Crippen LogP) is -0.105. The standard InChI is InChI=1S/C6H9N3O2.C4H7N3O/c1-3-11-6(10)5-7-4(2)8-9-5;1-3-5-4(2-8)7-6-3/h3H2,1-2H3,(H,7,8,9);8H,2H2,1H3,(H,5,6,7). The maximum absolute atomic E-state index is 10.9. The second-order valence-corrected chi connectivity index (χ2v) is 3.46. The van der Waals surface area contributed by atoms with Crippen LogP contribution in [0.5, 0.6) is 0 Å². The van der Waals surface area contributed by atoms with Gasteiger partial charge in [0.05, 0.1) is 6.61 Å². The third kappa shape index (κ3) is 4.84. The van der Waals surface area contributed by atoms with E-state index < -0.39 is 5.97 Å². The van der Waals surface area contributed by atoms with Crippen LogP contribution >= 0.6 is 0 Å². The van der Waals surface area contributed by atoms with Gasteiger partial charge >= 0.3 is 5.97 Å². The normalized spacial score (nSPS) is 9.68. The highest BCUT2D eigenvalue weighted by molar-refractivity contribution is 5.84. The molecule has 2 aromatic rings. The number of ether oxygens (including phenoxy) is 1. The van der Waals surface area contributed by atoms with E-state index in [1.165, 1.54) is 0 Å². The molecule has 0 aliphatic heterocycles. The van der Waals surface area contributed by atoms with Gasteiger partial charge in [0.25, 0.3) is 5.82 Å². The summed E-state index contributed by atoms with van der Waals surface area (Å²) < 4.78 is 4.66. The Morgan fingerprint density at radius 3 is 2.21 bits per heavy atom. The molecule has 2 aromatic heterocycles. The van der Waals surface area contributed by atoms with Gasteiger partial charge in [0.2, 0.25) is 0 Å². The van der Waals surface area contributed by atoms with Crippen LogP contribution in [-0.2, 0) is 11.3 Å². The molecule has 3 N–H and O–H groups in total. The number of carbonyl (C=O) groups is 1. The van der Waals surface area contributed by atoms with E-state index in [0.717, 1.165) is 5.82 Å². The molecule has 9 heteroatoms. The first-order chi connectivity index (χ1) is 9.06. The van der Waals surface area contributed by atoms with Crippen molar-refractivity contribution in [3.05, 3.63) is 23.3 Å². The number of hydrogen-bond acceptors (Lipinski definition) is 7. The van der Waals surface area contributed by atoms with Gasteiger partial charge in [-0.05, 0) is 20.8 Å². The van der Waals surface area contributed by atoms with E-state index in [2.05, 4.69) is 35.1 Å². The molecular formula is C10H16N6O3. The summed E-state index contributed by atoms with van der Waals surface area (Å²) in [6.45, 7) is 5.48. The zero-order valence-electron chi connectivity index (χ0n) is 11.0. The van der Waals surface area contributed by atoms with Crippen LogP contribution in [0.1, 0.15) is 35.0 Å². The van der Waals surface area contributed by atoms with Crippen molar-refractivity contribution >= 4 is 5.97 Å². The molecule has 104 valence electrons. The molecule has 0 saturated carbocycles. The van der Waals surface area contributed by atoms with Gasteiger partial charge in [0, 0.05) is 0 Å². The molecule has 9 nitrogen and oxygen atoms in total. The Balaban J connectivity index is 0.000000200. The summed E-state index contributed by atoms with van der Waals surface area (Å²) >= 11 is 0. The smallest absolute Gasteiger partial charge is 0.378 e. The van der Waals surface area contributed by atoms with E-state index >= 15 is 0 Å². The number of nitrogens with zero attached hydrogens (tertiary/aromatic N) is 4. The molecular weight excluding hydrogens is 252 g/mol. The second kappa shape index (κ2) is 7.21. The van der Waals surface area contributed by atoms with E-state index in [1.54, 1.807) is 20.8 Å². The molecule has 2 rings (SSSR count). The topological polar surface area (TPSA) is 130 Å². The van der Waals surface area contributed by atoms with Crippen molar-refractivity contribution in [1.29, 1.82) is 0 Å². The fourth-order valence-corrected chi connectivity index (χ4v) is 1.09. The average molecular weight is 268 g/mol. The molecule has 0 unspecified atom stereocenters. The Morgan fingerprint density at radius 1 is 1.21 bits per heavy atom. The predicted molar refractivity (Wildman–Crippen MR) is 64.1 cm³/mol. The van der Waals surface area contributed by atoms with E-state index in [4.69, 9.17) is 5.11 Å². The number of nitrogens with one attached hydrogen (secondary N) is 2. The van der Waals surface area contributed by atoms with Crippen molar-refractivity contribution in [3.63, 3.8) is 0 Å². The maximum Gasteiger partial charge on any atom is 0.378 e. The first-order valence-corrected chi connectivity index (χ1v) is 5.61. The Labute approximate surface area is 109 Å². The van der Waals surface area contributed by atoms with Gasteiger partial charge in [-0.15, -0.1) is 5.10 Å². The number of esters is 1. The Hall–Kier alpha value is -2.29. The van der Waals surface area contributed by atoms with E-state index in [9.17, 15) is 4.79 Å². The number of aromatic amines is 2. The monoisotopic (exact) mass is 268 g/mol. The van der Waals surface area contributed by atoms with Crippen LogP contribution in [0.4, 0.5) is 0 Å². The van der Waals surface area contributed by atoms with Crippen LogP contribution < -0.4 is 0 Å². The molecule has 0 aromatic carbocycles. The van der Waals surface area contributed by atoms with Gasteiger partial charge in [-0.25, -0.2) is 14.8 Å². The minimum absolute atomic E-state index is 0.0874. The molecule has 0 spiro atoms. The van der Waals surface area contributed by atoms with E-state index in [0.29, 0.717) is 18.3 Å². The molecule has 2 heterocycles. The Bertz CT molecular complexity index is 521. The van der Waals surface area contributed by atoms with Gasteiger partial charge in [-0.2, -0.15) is 5.10 Å². The minimum atomic E-state index is -0.489. The summed E-state index contributed by atoms with van der Waals surface area (Å²) in [6.07, 6.45) is 0. The first-order valence-electron chi connectivity index (χ1n) is 5.61. The zero-order valence-corrected chi connectivity index (χ0v) is 11.0. The van der Waals surface area contributed by atoms with Gasteiger partial charge in [0.1, 0.15) is 18.3 Å². The summed E-state index contributed by atoms with van der Waals surface area (Å²) in [7, 11) is 0. The van der Waals surface area contributed by atoms with E-state index in [-0.39, 0.29) is 12.4 Å². The fourth-order valence-electron chi connectivity index (χ4n) is 1.09. The quantitative estimate of drug-likeness (QED) is 0.662. The summed E-state index contributed by atoms with van der Waals surface area (Å²) in [6, 6.07) is 0. The van der Waals surface area contributed by atoms with Crippen LogP contribution in [0.15, 0.2) is 0 Å². The molecule has 0 fully saturated rings. The van der Waals surface area contributed by atoms with Gasteiger partial charge in [-0.3, -0.25) is 10.2 Å². The van der Waals surface area contributed by atoms with Crippen molar-refractivity contribution in [2.75, 3.05) is 6.61 Å². The zero-order chi connectivity index (χ0) is 14.3. The number of aliphatic hydroxyl groups excluding tert-OH is 1. The third-order valence-corrected chi connectivity index (χ3v) is 1.84. The number of aryl methyl sites for hydroxylation is 2. The van der Waals surface area contributed by atoms with Crippen molar-refractivity contribution in [2.24, 2.45) is 0 Å². The highest BCUT2D eigenvalue weighted by Gasteiger charge is 2.10. The van der Waals surface area contributed by atoms with Crippen molar-refractivity contribution in [3.8, 4) is 0 Å². The number of carbonyl (C=O) groups excluding carboxylic acids is 1. The van der Waals surface area contributed by atoms with E-state index in [1.807, 2.05) is 0 Å². The lowest BCUT2D eigenvalue weighted by Crippen LogP contribution is -2.06. The van der Waals surface area contributed by atoms with Gasteiger partial charge < -0.3 is 9.84 Å². The second-order valence-electron chi connectivity index (χ2n) is 3.46. The number of rotatable bonds is 3. The number of H-pyrrole nitrogens is 2. The summed E-state index contributed by atoms with van der Waals surface area (Å²) in [5.41, 5.74) is 0. The molecule has 0 radical (unpaired) electrons. The highest BCUT2D eigenvalue weighted by atomic mass is 16.5. The summed E-state index contributed by atoms with van der Waals surface area (Å²) in [5, 5.41) is 20.8. The Kier molecular flexibility index (Phi) is 5.61. The lowest BCUT2D eigenvalue weighted by Gasteiger charge is -1.93. The van der Waals surface area contributed by atoms with Gasteiger partial charge in [0.15, 0.2) is 5.82 Å². The molecule has 0 bridgehead atoms. The third-order valence-electron chi connectivity index (χ3n) is 1.84. The Morgan fingerprint density at radius 2 is 1.84 bits per heavy atom. The lowest BCUT2D eigenvalue weighted by molar-refractivity contribution is 0.0512. The molecule has 0 atom stereocenters. The van der Waals surface area contributed by atoms with Crippen LogP contribution in [-0.4, -0.2) is 48.0 Å². The van der Waals surface area contributed by atoms with Crippen LogP contribution in [0, 0.1) is 13.8 Å². The number of aromatic nitrogens is 6. The average Bonchev–Trinajstić information content (AvgIpc) is 2.99.